The number of amides is 1. The Balaban J connectivity index is 1.77. The molecule has 1 aliphatic carbocycles. The molecule has 0 aromatic heterocycles. The number of carbonyl (C=O) groups excluding carboxylic acids is 2. The minimum Gasteiger partial charge on any atom is -0.506 e. The highest BCUT2D eigenvalue weighted by atomic mass is 16.3. The Morgan fingerprint density at radius 2 is 1.87 bits per heavy atom. The lowest BCUT2D eigenvalue weighted by Crippen LogP contribution is -2.27. The van der Waals surface area contributed by atoms with Gasteiger partial charge in [0.05, 0.1) is 6.54 Å². The van der Waals surface area contributed by atoms with Gasteiger partial charge in [-0.3, -0.25) is 9.59 Å². The molecule has 1 amide bonds. The zero-order valence-corrected chi connectivity index (χ0v) is 13.5. The lowest BCUT2D eigenvalue weighted by atomic mass is 10.0. The third kappa shape index (κ3) is 3.31. The van der Waals surface area contributed by atoms with E-state index in [1.165, 1.54) is 18.4 Å². The summed E-state index contributed by atoms with van der Waals surface area (Å²) < 4.78 is 0. The quantitative estimate of drug-likeness (QED) is 0.379. The van der Waals surface area contributed by atoms with E-state index in [0.29, 0.717) is 5.56 Å². The zero-order chi connectivity index (χ0) is 16.4. The Hall–Kier alpha value is -2.10. The second-order valence-electron chi connectivity index (χ2n) is 6.47. The summed E-state index contributed by atoms with van der Waals surface area (Å²) in [5, 5.41) is 10.4. The van der Waals surface area contributed by atoms with Gasteiger partial charge in [-0.2, -0.15) is 0 Å². The van der Waals surface area contributed by atoms with Gasteiger partial charge in [0.2, 0.25) is 0 Å². The van der Waals surface area contributed by atoms with E-state index < -0.39 is 0 Å². The number of hydrogen-bond donors (Lipinski definition) is 1. The Bertz CT molecular complexity index is 641. The highest BCUT2D eigenvalue weighted by Crippen LogP contribution is 2.33. The molecule has 1 saturated heterocycles. The first-order valence-electron chi connectivity index (χ1n) is 8.48. The van der Waals surface area contributed by atoms with Gasteiger partial charge in [0.1, 0.15) is 11.3 Å². The van der Waals surface area contributed by atoms with Gasteiger partial charge in [0.25, 0.3) is 5.91 Å². The molecule has 23 heavy (non-hydrogen) atoms. The van der Waals surface area contributed by atoms with Crippen LogP contribution in [-0.4, -0.2) is 34.3 Å². The first kappa shape index (κ1) is 15.8. The average molecular weight is 313 g/mol. The summed E-state index contributed by atoms with van der Waals surface area (Å²) >= 11 is 0. The maximum atomic E-state index is 12.3. The highest BCUT2D eigenvalue weighted by Gasteiger charge is 2.43. The first-order valence-corrected chi connectivity index (χ1v) is 8.48. The third-order valence-electron chi connectivity index (χ3n) is 4.59. The molecule has 4 heteroatoms. The van der Waals surface area contributed by atoms with Crippen LogP contribution in [0.15, 0.2) is 29.8 Å². The molecule has 1 aromatic carbocycles. The van der Waals surface area contributed by atoms with Crippen LogP contribution in [0, 0.1) is 0 Å². The van der Waals surface area contributed by atoms with Crippen molar-refractivity contribution >= 4 is 17.4 Å². The fourth-order valence-electron chi connectivity index (χ4n) is 3.04. The molecule has 1 heterocycles. The van der Waals surface area contributed by atoms with Crippen molar-refractivity contribution in [1.82, 2.24) is 4.90 Å². The summed E-state index contributed by atoms with van der Waals surface area (Å²) in [6.07, 6.45) is 6.47. The predicted molar refractivity (Wildman–Crippen MR) is 89.0 cm³/mol. The molecule has 0 unspecified atom stereocenters. The van der Waals surface area contributed by atoms with E-state index in [0.717, 1.165) is 25.7 Å². The monoisotopic (exact) mass is 313 g/mol. The van der Waals surface area contributed by atoms with Gasteiger partial charge >= 0.3 is 0 Å². The summed E-state index contributed by atoms with van der Waals surface area (Å²) in [6, 6.07) is 7.71. The smallest absolute Gasteiger partial charge is 0.262 e. The molecule has 2 aliphatic rings. The number of rotatable bonds is 6. The third-order valence-corrected chi connectivity index (χ3v) is 4.59. The first-order chi connectivity index (χ1) is 11.1. The summed E-state index contributed by atoms with van der Waals surface area (Å²) in [4.78, 5) is 26.0. The molecule has 0 bridgehead atoms. The Kier molecular flexibility index (Phi) is 4.51. The summed E-state index contributed by atoms with van der Waals surface area (Å²) in [5.74, 6) is -0.767. The molecule has 3 rings (SSSR count). The molecule has 2 fully saturated rings. The van der Waals surface area contributed by atoms with E-state index in [2.05, 4.69) is 6.92 Å². The van der Waals surface area contributed by atoms with Gasteiger partial charge < -0.3 is 10.0 Å². The molecule has 1 aliphatic heterocycles. The molecular weight excluding hydrogens is 290 g/mol. The fraction of sp³-hybridized carbons (Fsp3) is 0.474. The van der Waals surface area contributed by atoms with Crippen LogP contribution in [0.4, 0.5) is 0 Å². The second-order valence-corrected chi connectivity index (χ2v) is 6.47. The second kappa shape index (κ2) is 6.57. The summed E-state index contributed by atoms with van der Waals surface area (Å²) in [7, 11) is 0. The summed E-state index contributed by atoms with van der Waals surface area (Å²) in [6.45, 7) is 2.28. The van der Waals surface area contributed by atoms with Crippen LogP contribution >= 0.6 is 0 Å². The predicted octanol–water partition coefficient (Wildman–Crippen LogP) is 3.26. The summed E-state index contributed by atoms with van der Waals surface area (Å²) in [5.41, 5.74) is 1.71. The van der Waals surface area contributed by atoms with E-state index in [-0.39, 0.29) is 35.6 Å². The number of benzene rings is 1. The molecule has 4 nitrogen and oxygen atoms in total. The van der Waals surface area contributed by atoms with Gasteiger partial charge in [-0.05, 0) is 31.2 Å². The highest BCUT2D eigenvalue weighted by molar-refractivity contribution is 6.28. The molecule has 0 atom stereocenters. The van der Waals surface area contributed by atoms with Gasteiger partial charge in [0, 0.05) is 11.6 Å². The number of likely N-dealkylation sites (tertiary alicyclic amines) is 1. The minimum atomic E-state index is -0.318. The lowest BCUT2D eigenvalue weighted by molar-refractivity contribution is -0.125. The van der Waals surface area contributed by atoms with Crippen LogP contribution in [-0.2, 0) is 16.0 Å². The van der Waals surface area contributed by atoms with Crippen molar-refractivity contribution in [3.05, 3.63) is 41.0 Å². The number of aryl methyl sites for hydroxylation is 1. The average Bonchev–Trinajstić information content (AvgIpc) is 3.34. The van der Waals surface area contributed by atoms with Crippen LogP contribution in [0.1, 0.15) is 50.2 Å². The van der Waals surface area contributed by atoms with Crippen LogP contribution in [0.5, 0.6) is 0 Å². The van der Waals surface area contributed by atoms with Gasteiger partial charge in [-0.15, -0.1) is 0 Å². The number of unbranched alkanes of at least 4 members (excludes halogenated alkanes) is 2. The number of carbonyl (C=O) groups is 2. The van der Waals surface area contributed by atoms with Crippen LogP contribution in [0.3, 0.4) is 0 Å². The molecule has 1 aromatic rings. The van der Waals surface area contributed by atoms with Gasteiger partial charge in [0.15, 0.2) is 5.78 Å². The van der Waals surface area contributed by atoms with Crippen LogP contribution in [0.2, 0.25) is 0 Å². The standard InChI is InChI=1S/C19H23NO3/c1-2-3-4-5-13-6-8-14(9-7-13)18(22)17-16(21)12-20(19(17)23)15-10-11-15/h6-9,15,22H,2-5,10-12H2,1H3/b18-17-. The number of Topliss-reactive ketones (excluding diaryl/α,β-unsaturated/α-hetero) is 1. The topological polar surface area (TPSA) is 57.6 Å². The molecule has 1 N–H and O–H groups in total. The molecule has 0 radical (unpaired) electrons. The van der Waals surface area contributed by atoms with Gasteiger partial charge in [-0.25, -0.2) is 0 Å². The number of aliphatic hydroxyl groups excluding tert-OH is 1. The molecule has 1 saturated carbocycles. The van der Waals surface area contributed by atoms with Crippen molar-refractivity contribution in [3.8, 4) is 0 Å². The van der Waals surface area contributed by atoms with Crippen molar-refractivity contribution in [3.63, 3.8) is 0 Å². The Morgan fingerprint density at radius 3 is 2.48 bits per heavy atom. The normalized spacial score (nSPS) is 20.3. The number of aliphatic hydroxyl groups is 1. The van der Waals surface area contributed by atoms with Crippen LogP contribution in [0.25, 0.3) is 5.76 Å². The lowest BCUT2D eigenvalue weighted by Gasteiger charge is -2.12. The van der Waals surface area contributed by atoms with Crippen molar-refractivity contribution in [2.45, 2.75) is 51.5 Å². The van der Waals surface area contributed by atoms with Crippen molar-refractivity contribution in [2.24, 2.45) is 0 Å². The van der Waals surface area contributed by atoms with Gasteiger partial charge in [-0.1, -0.05) is 44.0 Å². The number of hydrogen-bond acceptors (Lipinski definition) is 3. The van der Waals surface area contributed by atoms with E-state index >= 15 is 0 Å². The van der Waals surface area contributed by atoms with E-state index in [1.54, 1.807) is 17.0 Å². The van der Waals surface area contributed by atoms with Crippen molar-refractivity contribution < 1.29 is 14.7 Å². The van der Waals surface area contributed by atoms with Crippen molar-refractivity contribution in [2.75, 3.05) is 6.54 Å². The fourth-order valence-corrected chi connectivity index (χ4v) is 3.04. The van der Waals surface area contributed by atoms with Crippen LogP contribution < -0.4 is 0 Å². The number of ketones is 1. The van der Waals surface area contributed by atoms with E-state index in [9.17, 15) is 14.7 Å². The maximum Gasteiger partial charge on any atom is 0.262 e. The minimum absolute atomic E-state index is 0.0457. The molecular formula is C19H23NO3. The Morgan fingerprint density at radius 1 is 1.17 bits per heavy atom. The Labute approximate surface area is 136 Å². The van der Waals surface area contributed by atoms with E-state index in [1.807, 2.05) is 12.1 Å². The maximum absolute atomic E-state index is 12.3. The molecule has 122 valence electrons. The molecule has 0 spiro atoms. The van der Waals surface area contributed by atoms with Crippen molar-refractivity contribution in [1.29, 1.82) is 0 Å². The SMILES string of the molecule is CCCCCc1ccc(/C(O)=C2\C(=O)CN(C3CC3)C2=O)cc1. The number of nitrogens with zero attached hydrogens (tertiary/aromatic N) is 1. The largest absolute Gasteiger partial charge is 0.506 e. The zero-order valence-electron chi connectivity index (χ0n) is 13.5. The van der Waals surface area contributed by atoms with E-state index in [4.69, 9.17) is 0 Å².